The fourth-order valence-electron chi connectivity index (χ4n) is 2.13. The van der Waals surface area contributed by atoms with Gasteiger partial charge in [-0.05, 0) is 43.4 Å². The van der Waals surface area contributed by atoms with Crippen molar-refractivity contribution >= 4 is 5.69 Å². The van der Waals surface area contributed by atoms with Gasteiger partial charge in [0.1, 0.15) is 0 Å². The molecule has 3 nitrogen and oxygen atoms in total. The number of anilines is 1. The minimum absolute atomic E-state index is 0.298. The van der Waals surface area contributed by atoms with Gasteiger partial charge in [0, 0.05) is 25.1 Å². The second-order valence-electron chi connectivity index (χ2n) is 4.38. The van der Waals surface area contributed by atoms with Crippen LogP contribution in [-0.2, 0) is 0 Å². The summed E-state index contributed by atoms with van der Waals surface area (Å²) in [6, 6.07) is 11.0. The Balaban J connectivity index is 2.33. The quantitative estimate of drug-likeness (QED) is 0.844. The van der Waals surface area contributed by atoms with Crippen LogP contribution in [0, 0.1) is 0 Å². The molecule has 2 rings (SSSR count). The Morgan fingerprint density at radius 1 is 1.06 bits per heavy atom. The summed E-state index contributed by atoms with van der Waals surface area (Å²) in [5.41, 5.74) is 3.72. The number of rotatable bonds is 4. The summed E-state index contributed by atoms with van der Waals surface area (Å²) in [6.45, 7) is 0. The van der Waals surface area contributed by atoms with Crippen molar-refractivity contribution in [3.8, 4) is 0 Å². The highest BCUT2D eigenvalue weighted by Crippen LogP contribution is 2.27. The molecule has 3 heteroatoms. The smallest absolute Gasteiger partial charge is 0.0611 e. The minimum atomic E-state index is 0.298. The predicted molar refractivity (Wildman–Crippen MR) is 72.3 cm³/mol. The Morgan fingerprint density at radius 3 is 2.24 bits per heavy atom. The summed E-state index contributed by atoms with van der Waals surface area (Å²) >= 11 is 0. The van der Waals surface area contributed by atoms with Gasteiger partial charge in [-0.2, -0.15) is 0 Å². The summed E-state index contributed by atoms with van der Waals surface area (Å²) in [5.74, 6) is 0. The van der Waals surface area contributed by atoms with Crippen molar-refractivity contribution in [2.24, 2.45) is 0 Å². The first-order chi connectivity index (χ1) is 8.22. The van der Waals surface area contributed by atoms with Crippen LogP contribution in [0.3, 0.4) is 0 Å². The molecule has 0 aliphatic heterocycles. The van der Waals surface area contributed by atoms with E-state index in [0.717, 1.165) is 5.69 Å². The fourth-order valence-corrected chi connectivity index (χ4v) is 2.13. The number of hydrogen-bond donors (Lipinski definition) is 2. The zero-order chi connectivity index (χ0) is 12.3. The van der Waals surface area contributed by atoms with Gasteiger partial charge in [0.25, 0.3) is 0 Å². The molecule has 0 amide bonds. The van der Waals surface area contributed by atoms with Gasteiger partial charge in [-0.1, -0.05) is 12.1 Å². The summed E-state index contributed by atoms with van der Waals surface area (Å²) < 4.78 is 0. The van der Waals surface area contributed by atoms with E-state index in [9.17, 15) is 0 Å². The molecule has 1 aromatic carbocycles. The Bertz CT molecular complexity index is 443. The van der Waals surface area contributed by atoms with E-state index < -0.39 is 0 Å². The van der Waals surface area contributed by atoms with Gasteiger partial charge in [0.2, 0.25) is 0 Å². The topological polar surface area (TPSA) is 31.1 Å². The van der Waals surface area contributed by atoms with Gasteiger partial charge in [0.15, 0.2) is 0 Å². The molecular weight excluding hydrogens is 210 g/mol. The van der Waals surface area contributed by atoms with E-state index in [4.69, 9.17) is 0 Å². The summed E-state index contributed by atoms with van der Waals surface area (Å²) in [7, 11) is 6.14. The molecule has 0 fully saturated rings. The SMILES string of the molecule is CNc1ccc(C(c2cc[nH]c2)N(C)C)cc1. The summed E-state index contributed by atoms with van der Waals surface area (Å²) in [4.78, 5) is 5.34. The molecule has 1 heterocycles. The maximum atomic E-state index is 3.14. The van der Waals surface area contributed by atoms with Crippen LogP contribution in [0.5, 0.6) is 0 Å². The van der Waals surface area contributed by atoms with Gasteiger partial charge < -0.3 is 10.3 Å². The van der Waals surface area contributed by atoms with Crippen LogP contribution in [-0.4, -0.2) is 31.0 Å². The molecule has 1 atom stereocenters. The van der Waals surface area contributed by atoms with E-state index in [1.165, 1.54) is 11.1 Å². The monoisotopic (exact) mass is 229 g/mol. The molecule has 0 bridgehead atoms. The highest BCUT2D eigenvalue weighted by atomic mass is 15.1. The van der Waals surface area contributed by atoms with Gasteiger partial charge in [0.05, 0.1) is 6.04 Å². The highest BCUT2D eigenvalue weighted by molar-refractivity contribution is 5.45. The van der Waals surface area contributed by atoms with Crippen LogP contribution >= 0.6 is 0 Å². The molecular formula is C14H19N3. The molecule has 17 heavy (non-hydrogen) atoms. The van der Waals surface area contributed by atoms with Crippen LogP contribution in [0.15, 0.2) is 42.7 Å². The van der Waals surface area contributed by atoms with Crippen molar-refractivity contribution in [2.45, 2.75) is 6.04 Å². The van der Waals surface area contributed by atoms with Gasteiger partial charge in [-0.3, -0.25) is 4.90 Å². The van der Waals surface area contributed by atoms with E-state index in [-0.39, 0.29) is 0 Å². The van der Waals surface area contributed by atoms with Crippen molar-refractivity contribution in [1.29, 1.82) is 0 Å². The van der Waals surface area contributed by atoms with Crippen molar-refractivity contribution in [3.05, 3.63) is 53.9 Å². The number of nitrogens with zero attached hydrogens (tertiary/aromatic N) is 1. The maximum Gasteiger partial charge on any atom is 0.0611 e. The Labute approximate surface area is 102 Å². The number of aromatic amines is 1. The first-order valence-electron chi connectivity index (χ1n) is 5.79. The largest absolute Gasteiger partial charge is 0.388 e. The molecule has 2 aromatic rings. The molecule has 90 valence electrons. The third-order valence-corrected chi connectivity index (χ3v) is 2.97. The Hall–Kier alpha value is -1.74. The molecule has 0 radical (unpaired) electrons. The van der Waals surface area contributed by atoms with Crippen molar-refractivity contribution in [1.82, 2.24) is 9.88 Å². The number of hydrogen-bond acceptors (Lipinski definition) is 2. The molecule has 2 N–H and O–H groups in total. The van der Waals surface area contributed by atoms with Gasteiger partial charge >= 0.3 is 0 Å². The van der Waals surface area contributed by atoms with E-state index in [0.29, 0.717) is 6.04 Å². The zero-order valence-electron chi connectivity index (χ0n) is 10.6. The van der Waals surface area contributed by atoms with E-state index in [1.807, 2.05) is 13.2 Å². The number of aromatic nitrogens is 1. The van der Waals surface area contributed by atoms with Crippen LogP contribution in [0.2, 0.25) is 0 Å². The minimum Gasteiger partial charge on any atom is -0.388 e. The van der Waals surface area contributed by atoms with Crippen LogP contribution in [0.25, 0.3) is 0 Å². The lowest BCUT2D eigenvalue weighted by atomic mass is 10.00. The Morgan fingerprint density at radius 2 is 1.76 bits per heavy atom. The van der Waals surface area contributed by atoms with Crippen molar-refractivity contribution < 1.29 is 0 Å². The summed E-state index contributed by atoms with van der Waals surface area (Å²) in [5, 5.41) is 3.14. The second kappa shape index (κ2) is 5.06. The highest BCUT2D eigenvalue weighted by Gasteiger charge is 2.16. The lowest BCUT2D eigenvalue weighted by Crippen LogP contribution is -2.20. The van der Waals surface area contributed by atoms with E-state index in [1.54, 1.807) is 0 Å². The molecule has 0 saturated carbocycles. The van der Waals surface area contributed by atoms with Crippen molar-refractivity contribution in [3.63, 3.8) is 0 Å². The van der Waals surface area contributed by atoms with Crippen molar-refractivity contribution in [2.75, 3.05) is 26.5 Å². The maximum absolute atomic E-state index is 3.14. The lowest BCUT2D eigenvalue weighted by Gasteiger charge is -2.24. The molecule has 0 aliphatic rings. The normalized spacial score (nSPS) is 12.7. The van der Waals surface area contributed by atoms with E-state index in [2.05, 4.69) is 65.8 Å². The molecule has 0 saturated heterocycles. The summed E-state index contributed by atoms with van der Waals surface area (Å²) in [6.07, 6.45) is 4.02. The zero-order valence-corrected chi connectivity index (χ0v) is 10.6. The fraction of sp³-hybridized carbons (Fsp3) is 0.286. The number of H-pyrrole nitrogens is 1. The Kier molecular flexibility index (Phi) is 3.49. The molecule has 0 aliphatic carbocycles. The van der Waals surface area contributed by atoms with Gasteiger partial charge in [-0.25, -0.2) is 0 Å². The first-order valence-corrected chi connectivity index (χ1v) is 5.79. The lowest BCUT2D eigenvalue weighted by molar-refractivity contribution is 0.342. The average Bonchev–Trinajstić information content (AvgIpc) is 2.83. The molecule has 0 spiro atoms. The van der Waals surface area contributed by atoms with Crippen LogP contribution < -0.4 is 5.32 Å². The van der Waals surface area contributed by atoms with E-state index >= 15 is 0 Å². The molecule has 1 aromatic heterocycles. The number of nitrogens with one attached hydrogen (secondary N) is 2. The number of benzene rings is 1. The standard InChI is InChI=1S/C14H19N3/c1-15-13-6-4-11(5-7-13)14(17(2)3)12-8-9-16-10-12/h4-10,14-16H,1-3H3. The molecule has 1 unspecified atom stereocenters. The second-order valence-corrected chi connectivity index (χ2v) is 4.38. The third kappa shape index (κ3) is 2.50. The van der Waals surface area contributed by atoms with Crippen LogP contribution in [0.4, 0.5) is 5.69 Å². The average molecular weight is 229 g/mol. The first kappa shape index (κ1) is 11.7. The third-order valence-electron chi connectivity index (χ3n) is 2.97. The predicted octanol–water partition coefficient (Wildman–Crippen LogP) is 2.71. The van der Waals surface area contributed by atoms with Crippen LogP contribution in [0.1, 0.15) is 17.2 Å². The van der Waals surface area contributed by atoms with Gasteiger partial charge in [-0.15, -0.1) is 0 Å².